The van der Waals surface area contributed by atoms with Gasteiger partial charge < -0.3 is 19.7 Å². The van der Waals surface area contributed by atoms with Gasteiger partial charge in [-0.15, -0.1) is 0 Å². The van der Waals surface area contributed by atoms with E-state index in [-0.39, 0.29) is 5.57 Å². The first-order chi connectivity index (χ1) is 14.6. The molecule has 30 heavy (non-hydrogen) atoms. The second-order valence-electron chi connectivity index (χ2n) is 7.51. The maximum absolute atomic E-state index is 12.9. The molecule has 0 spiro atoms. The number of hydrogen-bond acceptors (Lipinski definition) is 5. The molecule has 0 unspecified atom stereocenters. The lowest BCUT2D eigenvalue weighted by Crippen LogP contribution is -2.50. The van der Waals surface area contributed by atoms with Crippen LogP contribution in [0.25, 0.3) is 0 Å². The van der Waals surface area contributed by atoms with Crippen LogP contribution >= 0.6 is 0 Å². The standard InChI is InChI=1S/C25H20O5/c1-29-23(27)20-21(16-10-4-2-5-11-16)25(17-12-6-3-7-13-17)24(28,22(20)26)18-14-8-9-15-19(18)30-25/h2-15,21,26,28H,1H3/t21-,24+,25+/m1/s1. The van der Waals surface area contributed by atoms with Gasteiger partial charge >= 0.3 is 5.97 Å². The zero-order valence-electron chi connectivity index (χ0n) is 16.3. The van der Waals surface area contributed by atoms with Gasteiger partial charge in [0.2, 0.25) is 0 Å². The zero-order valence-corrected chi connectivity index (χ0v) is 16.3. The summed E-state index contributed by atoms with van der Waals surface area (Å²) in [4.78, 5) is 12.9. The van der Waals surface area contributed by atoms with Crippen LogP contribution in [0.1, 0.15) is 22.6 Å². The zero-order chi connectivity index (χ0) is 20.9. The Morgan fingerprint density at radius 1 is 0.933 bits per heavy atom. The number of benzene rings is 3. The van der Waals surface area contributed by atoms with Crippen molar-refractivity contribution in [2.45, 2.75) is 17.1 Å². The van der Waals surface area contributed by atoms with Gasteiger partial charge in [-0.2, -0.15) is 0 Å². The topological polar surface area (TPSA) is 76.0 Å². The number of esters is 1. The van der Waals surface area contributed by atoms with Crippen molar-refractivity contribution in [3.8, 4) is 5.75 Å². The third-order valence-corrected chi connectivity index (χ3v) is 6.12. The summed E-state index contributed by atoms with van der Waals surface area (Å²) in [7, 11) is 1.26. The highest BCUT2D eigenvalue weighted by molar-refractivity contribution is 5.93. The third kappa shape index (κ3) is 2.13. The van der Waals surface area contributed by atoms with Gasteiger partial charge in [-0.1, -0.05) is 78.9 Å². The third-order valence-electron chi connectivity index (χ3n) is 6.12. The highest BCUT2D eigenvalue weighted by Gasteiger charge is 2.73. The molecule has 2 aliphatic rings. The molecule has 0 amide bonds. The molecule has 5 nitrogen and oxygen atoms in total. The summed E-state index contributed by atoms with van der Waals surface area (Å²) >= 11 is 0. The first-order valence-electron chi connectivity index (χ1n) is 9.69. The molecule has 1 heterocycles. The van der Waals surface area contributed by atoms with Gasteiger partial charge in [-0.25, -0.2) is 4.79 Å². The Labute approximate surface area is 173 Å². The lowest BCUT2D eigenvalue weighted by molar-refractivity contribution is -0.137. The molecule has 0 saturated carbocycles. The van der Waals surface area contributed by atoms with E-state index in [1.54, 1.807) is 24.3 Å². The monoisotopic (exact) mass is 400 g/mol. The predicted molar refractivity (Wildman–Crippen MR) is 110 cm³/mol. The molecule has 150 valence electrons. The Kier molecular flexibility index (Phi) is 3.98. The van der Waals surface area contributed by atoms with Crippen molar-refractivity contribution in [1.29, 1.82) is 0 Å². The number of aliphatic hydroxyl groups is 2. The minimum atomic E-state index is -1.96. The number of rotatable bonds is 3. The number of para-hydroxylation sites is 1. The van der Waals surface area contributed by atoms with Crippen LogP contribution in [0.15, 0.2) is 96.3 Å². The summed E-state index contributed by atoms with van der Waals surface area (Å²) in [6.07, 6.45) is 0. The van der Waals surface area contributed by atoms with Gasteiger partial charge in [-0.05, 0) is 11.6 Å². The van der Waals surface area contributed by atoms with Crippen LogP contribution in [0.4, 0.5) is 0 Å². The highest BCUT2D eigenvalue weighted by atomic mass is 16.5. The largest absolute Gasteiger partial charge is 0.508 e. The summed E-state index contributed by atoms with van der Waals surface area (Å²) in [5.74, 6) is -1.50. The Bertz CT molecular complexity index is 1150. The van der Waals surface area contributed by atoms with Gasteiger partial charge in [-0.3, -0.25) is 0 Å². The van der Waals surface area contributed by atoms with E-state index in [4.69, 9.17) is 9.47 Å². The van der Waals surface area contributed by atoms with E-state index in [1.807, 2.05) is 60.7 Å². The Balaban J connectivity index is 1.91. The summed E-state index contributed by atoms with van der Waals surface area (Å²) in [6, 6.07) is 25.5. The van der Waals surface area contributed by atoms with E-state index in [9.17, 15) is 15.0 Å². The van der Waals surface area contributed by atoms with E-state index < -0.39 is 28.8 Å². The normalized spacial score (nSPS) is 26.7. The van der Waals surface area contributed by atoms with E-state index in [1.165, 1.54) is 7.11 Å². The lowest BCUT2D eigenvalue weighted by Gasteiger charge is -2.40. The molecule has 0 bridgehead atoms. The average molecular weight is 400 g/mol. The molecule has 3 atom stereocenters. The number of fused-ring (bicyclic) bond motifs is 3. The number of hydrogen-bond donors (Lipinski definition) is 2. The fraction of sp³-hybridized carbons (Fsp3) is 0.160. The van der Waals surface area contributed by atoms with Crippen molar-refractivity contribution in [2.24, 2.45) is 0 Å². The van der Waals surface area contributed by atoms with Crippen LogP contribution in [0, 0.1) is 0 Å². The number of aliphatic hydroxyl groups excluding tert-OH is 1. The second kappa shape index (κ2) is 6.47. The summed E-state index contributed by atoms with van der Waals surface area (Å²) in [6.45, 7) is 0. The Morgan fingerprint density at radius 3 is 2.20 bits per heavy atom. The van der Waals surface area contributed by atoms with Crippen LogP contribution in [0.2, 0.25) is 0 Å². The van der Waals surface area contributed by atoms with Crippen molar-refractivity contribution < 1.29 is 24.5 Å². The van der Waals surface area contributed by atoms with Crippen LogP contribution < -0.4 is 4.74 Å². The van der Waals surface area contributed by atoms with Gasteiger partial charge in [0.05, 0.1) is 18.6 Å². The smallest absolute Gasteiger partial charge is 0.338 e. The number of carbonyl (C=O) groups is 1. The maximum atomic E-state index is 12.9. The minimum absolute atomic E-state index is 0.00967. The second-order valence-corrected chi connectivity index (χ2v) is 7.51. The summed E-state index contributed by atoms with van der Waals surface area (Å²) in [5, 5.41) is 23.5. The molecule has 1 aliphatic heterocycles. The maximum Gasteiger partial charge on any atom is 0.338 e. The molecular formula is C25H20O5. The predicted octanol–water partition coefficient (Wildman–Crippen LogP) is 3.94. The van der Waals surface area contributed by atoms with Crippen molar-refractivity contribution in [3.05, 3.63) is 113 Å². The van der Waals surface area contributed by atoms with Gasteiger partial charge in [0.1, 0.15) is 11.5 Å². The number of methoxy groups -OCH3 is 1. The molecule has 0 fully saturated rings. The summed E-state index contributed by atoms with van der Waals surface area (Å²) in [5.41, 5.74) is -1.68. The van der Waals surface area contributed by atoms with Crippen molar-refractivity contribution in [1.82, 2.24) is 0 Å². The van der Waals surface area contributed by atoms with E-state index in [2.05, 4.69) is 0 Å². The molecular weight excluding hydrogens is 380 g/mol. The van der Waals surface area contributed by atoms with Crippen LogP contribution in [0.5, 0.6) is 5.75 Å². The fourth-order valence-corrected chi connectivity index (χ4v) is 4.90. The molecule has 3 aromatic carbocycles. The molecule has 5 heteroatoms. The van der Waals surface area contributed by atoms with E-state index in [0.717, 1.165) is 5.56 Å². The molecule has 3 aromatic rings. The van der Waals surface area contributed by atoms with Gasteiger partial charge in [0, 0.05) is 11.1 Å². The van der Waals surface area contributed by atoms with Gasteiger partial charge in [0.25, 0.3) is 0 Å². The van der Waals surface area contributed by atoms with Crippen molar-refractivity contribution in [2.75, 3.05) is 7.11 Å². The minimum Gasteiger partial charge on any atom is -0.508 e. The summed E-state index contributed by atoms with van der Waals surface area (Å²) < 4.78 is 11.5. The molecule has 5 rings (SSSR count). The van der Waals surface area contributed by atoms with E-state index >= 15 is 0 Å². The van der Waals surface area contributed by atoms with Gasteiger partial charge in [0.15, 0.2) is 11.2 Å². The molecule has 0 aromatic heterocycles. The molecule has 0 saturated heterocycles. The lowest BCUT2D eigenvalue weighted by atomic mass is 9.69. The van der Waals surface area contributed by atoms with Crippen molar-refractivity contribution >= 4 is 5.97 Å². The van der Waals surface area contributed by atoms with E-state index in [0.29, 0.717) is 16.9 Å². The average Bonchev–Trinajstić information content (AvgIpc) is 3.18. The number of carbonyl (C=O) groups excluding carboxylic acids is 1. The first kappa shape index (κ1) is 18.5. The van der Waals surface area contributed by atoms with Crippen molar-refractivity contribution in [3.63, 3.8) is 0 Å². The molecule has 2 N–H and O–H groups in total. The first-order valence-corrected chi connectivity index (χ1v) is 9.69. The molecule has 1 aliphatic carbocycles. The van der Waals surface area contributed by atoms with Crippen LogP contribution in [-0.4, -0.2) is 23.3 Å². The Morgan fingerprint density at radius 2 is 1.53 bits per heavy atom. The quantitative estimate of drug-likeness (QED) is 0.651. The molecule has 0 radical (unpaired) electrons. The Hall–Kier alpha value is -3.57. The number of ether oxygens (including phenoxy) is 2. The SMILES string of the molecule is COC(=O)C1=C(O)[C@@]2(O)c3ccccc3O[C@@]2(c2ccccc2)[C@@H]1c1ccccc1. The van der Waals surface area contributed by atoms with Crippen LogP contribution in [0.3, 0.4) is 0 Å². The highest BCUT2D eigenvalue weighted by Crippen LogP contribution is 2.67. The fourth-order valence-electron chi connectivity index (χ4n) is 4.90. The van der Waals surface area contributed by atoms with Crippen LogP contribution in [-0.2, 0) is 20.7 Å².